The normalized spacial score (nSPS) is 10.3. The van der Waals surface area contributed by atoms with Gasteiger partial charge in [-0.05, 0) is 18.6 Å². The predicted octanol–water partition coefficient (Wildman–Crippen LogP) is 0.923. The van der Waals surface area contributed by atoms with Crippen LogP contribution in [0.2, 0.25) is 0 Å². The lowest BCUT2D eigenvalue weighted by molar-refractivity contribution is 0.0696. The van der Waals surface area contributed by atoms with Gasteiger partial charge in [0.1, 0.15) is 12.7 Å². The van der Waals surface area contributed by atoms with Crippen molar-refractivity contribution in [3.63, 3.8) is 0 Å². The van der Waals surface area contributed by atoms with E-state index in [0.717, 1.165) is 0 Å². The van der Waals surface area contributed by atoms with Gasteiger partial charge >= 0.3 is 5.97 Å². The minimum Gasteiger partial charge on any atom is -0.478 e. The molecule has 2 aromatic heterocycles. The Balaban J connectivity index is 2.53. The van der Waals surface area contributed by atoms with Crippen LogP contribution in [0.3, 0.4) is 0 Å². The maximum atomic E-state index is 10.9. The van der Waals surface area contributed by atoms with Gasteiger partial charge in [-0.15, -0.1) is 0 Å². The molecule has 1 N–H and O–H groups in total. The van der Waals surface area contributed by atoms with Gasteiger partial charge in [-0.1, -0.05) is 6.92 Å². The van der Waals surface area contributed by atoms with Crippen LogP contribution < -0.4 is 0 Å². The lowest BCUT2D eigenvalue weighted by Crippen LogP contribution is -2.05. The Morgan fingerprint density at radius 3 is 2.88 bits per heavy atom. The van der Waals surface area contributed by atoms with E-state index in [1.165, 1.54) is 23.4 Å². The van der Waals surface area contributed by atoms with E-state index >= 15 is 0 Å². The molecule has 6 nitrogen and oxygen atoms in total. The van der Waals surface area contributed by atoms with Crippen LogP contribution in [0.5, 0.6) is 0 Å². The van der Waals surface area contributed by atoms with Crippen LogP contribution in [-0.4, -0.2) is 30.8 Å². The average molecular weight is 218 g/mol. The minimum absolute atomic E-state index is 0.206. The molecule has 0 unspecified atom stereocenters. The summed E-state index contributed by atoms with van der Waals surface area (Å²) in [5, 5.41) is 12.9. The molecule has 0 saturated heterocycles. The van der Waals surface area contributed by atoms with E-state index < -0.39 is 5.97 Å². The van der Waals surface area contributed by atoms with Crippen molar-refractivity contribution in [1.82, 2.24) is 19.7 Å². The summed E-state index contributed by atoms with van der Waals surface area (Å²) in [6.07, 6.45) is 3.52. The Labute approximate surface area is 91.6 Å². The Morgan fingerprint density at radius 2 is 2.31 bits per heavy atom. The maximum absolute atomic E-state index is 10.9. The molecule has 0 aliphatic carbocycles. The lowest BCUT2D eigenvalue weighted by Gasteiger charge is -2.04. The summed E-state index contributed by atoms with van der Waals surface area (Å²) < 4.78 is 1.44. The summed E-state index contributed by atoms with van der Waals surface area (Å²) in [5.41, 5.74) is 0.919. The number of rotatable bonds is 3. The molecular formula is C10H10N4O2. The Morgan fingerprint density at radius 1 is 1.50 bits per heavy atom. The number of carbonyl (C=O) groups is 1. The van der Waals surface area contributed by atoms with E-state index in [1.54, 1.807) is 6.07 Å². The number of hydrogen-bond acceptors (Lipinski definition) is 4. The highest BCUT2D eigenvalue weighted by Crippen LogP contribution is 2.10. The van der Waals surface area contributed by atoms with Crippen LogP contribution in [0.1, 0.15) is 23.0 Å². The predicted molar refractivity (Wildman–Crippen MR) is 55.5 cm³/mol. The van der Waals surface area contributed by atoms with Gasteiger partial charge in [0.15, 0.2) is 5.82 Å². The molecule has 6 heteroatoms. The van der Waals surface area contributed by atoms with Gasteiger partial charge in [-0.3, -0.25) is 0 Å². The van der Waals surface area contributed by atoms with Crippen molar-refractivity contribution in [3.8, 4) is 5.82 Å². The molecule has 0 amide bonds. The van der Waals surface area contributed by atoms with Crippen molar-refractivity contribution >= 4 is 5.97 Å². The first kappa shape index (κ1) is 10.3. The minimum atomic E-state index is -0.974. The topological polar surface area (TPSA) is 80.9 Å². The van der Waals surface area contributed by atoms with E-state index in [-0.39, 0.29) is 5.56 Å². The molecule has 0 aromatic carbocycles. The number of pyridine rings is 1. The highest BCUT2D eigenvalue weighted by atomic mass is 16.4. The largest absolute Gasteiger partial charge is 0.478 e. The first-order valence-corrected chi connectivity index (χ1v) is 4.80. The van der Waals surface area contributed by atoms with Crippen LogP contribution in [0.15, 0.2) is 24.8 Å². The van der Waals surface area contributed by atoms with Gasteiger partial charge in [0.25, 0.3) is 0 Å². The fourth-order valence-corrected chi connectivity index (χ4v) is 1.32. The third-order valence-electron chi connectivity index (χ3n) is 2.13. The van der Waals surface area contributed by atoms with Gasteiger partial charge in [0, 0.05) is 5.69 Å². The van der Waals surface area contributed by atoms with Gasteiger partial charge in [0.05, 0.1) is 5.56 Å². The molecule has 0 aliphatic heterocycles. The highest BCUT2D eigenvalue weighted by Gasteiger charge is 2.09. The number of aryl methyl sites for hydroxylation is 1. The fourth-order valence-electron chi connectivity index (χ4n) is 1.32. The summed E-state index contributed by atoms with van der Waals surface area (Å²) >= 11 is 0. The lowest BCUT2D eigenvalue weighted by atomic mass is 10.2. The standard InChI is InChI=1S/C10H10N4O2/c1-2-8-3-7(10(15)16)4-9(13-8)14-6-11-5-12-14/h3-6H,2H2,1H3,(H,15,16). The van der Waals surface area contributed by atoms with Crippen molar-refractivity contribution in [2.24, 2.45) is 0 Å². The molecular weight excluding hydrogens is 208 g/mol. The monoisotopic (exact) mass is 218 g/mol. The smallest absolute Gasteiger partial charge is 0.335 e. The number of hydrogen-bond donors (Lipinski definition) is 1. The van der Waals surface area contributed by atoms with E-state index in [1.807, 2.05) is 6.92 Å². The van der Waals surface area contributed by atoms with Crippen molar-refractivity contribution in [1.29, 1.82) is 0 Å². The van der Waals surface area contributed by atoms with E-state index in [0.29, 0.717) is 17.9 Å². The van der Waals surface area contributed by atoms with Crippen molar-refractivity contribution in [3.05, 3.63) is 36.0 Å². The maximum Gasteiger partial charge on any atom is 0.335 e. The molecule has 0 atom stereocenters. The summed E-state index contributed by atoms with van der Waals surface area (Å²) in [6.45, 7) is 1.92. The molecule has 2 heterocycles. The fraction of sp³-hybridized carbons (Fsp3) is 0.200. The molecule has 0 spiro atoms. The molecule has 82 valence electrons. The quantitative estimate of drug-likeness (QED) is 0.828. The molecule has 16 heavy (non-hydrogen) atoms. The molecule has 2 aromatic rings. The summed E-state index contributed by atoms with van der Waals surface area (Å²) in [7, 11) is 0. The second-order valence-electron chi connectivity index (χ2n) is 3.20. The van der Waals surface area contributed by atoms with Crippen LogP contribution in [-0.2, 0) is 6.42 Å². The molecule has 2 rings (SSSR count). The van der Waals surface area contributed by atoms with Gasteiger partial charge < -0.3 is 5.11 Å². The van der Waals surface area contributed by atoms with E-state index in [9.17, 15) is 4.79 Å². The zero-order chi connectivity index (χ0) is 11.5. The van der Waals surface area contributed by atoms with Gasteiger partial charge in [-0.25, -0.2) is 19.4 Å². The number of carboxylic acids is 1. The van der Waals surface area contributed by atoms with Gasteiger partial charge in [0.2, 0.25) is 0 Å². The number of aromatic nitrogens is 4. The van der Waals surface area contributed by atoms with Crippen LogP contribution >= 0.6 is 0 Å². The molecule has 0 fully saturated rings. The van der Waals surface area contributed by atoms with Crippen molar-refractivity contribution in [2.45, 2.75) is 13.3 Å². The molecule has 0 aliphatic rings. The second-order valence-corrected chi connectivity index (χ2v) is 3.20. The average Bonchev–Trinajstić information content (AvgIpc) is 2.81. The first-order valence-electron chi connectivity index (χ1n) is 4.80. The Bertz CT molecular complexity index is 508. The van der Waals surface area contributed by atoms with E-state index in [2.05, 4.69) is 15.1 Å². The third-order valence-corrected chi connectivity index (χ3v) is 2.13. The van der Waals surface area contributed by atoms with Crippen LogP contribution in [0, 0.1) is 0 Å². The molecule has 0 bridgehead atoms. The molecule has 0 radical (unpaired) electrons. The van der Waals surface area contributed by atoms with Crippen LogP contribution in [0.4, 0.5) is 0 Å². The molecule has 0 saturated carbocycles. The van der Waals surface area contributed by atoms with Crippen molar-refractivity contribution in [2.75, 3.05) is 0 Å². The van der Waals surface area contributed by atoms with E-state index in [4.69, 9.17) is 5.11 Å². The zero-order valence-corrected chi connectivity index (χ0v) is 8.66. The SMILES string of the molecule is CCc1cc(C(=O)O)cc(-n2cncn2)n1. The Hall–Kier alpha value is -2.24. The third kappa shape index (κ3) is 1.90. The first-order chi connectivity index (χ1) is 7.70. The van der Waals surface area contributed by atoms with Gasteiger partial charge in [-0.2, -0.15) is 5.10 Å². The summed E-state index contributed by atoms with van der Waals surface area (Å²) in [5.74, 6) is -0.507. The number of carboxylic acid groups (broad SMARTS) is 1. The number of nitrogens with zero attached hydrogens (tertiary/aromatic N) is 4. The highest BCUT2D eigenvalue weighted by molar-refractivity contribution is 5.88. The van der Waals surface area contributed by atoms with Crippen LogP contribution in [0.25, 0.3) is 5.82 Å². The summed E-state index contributed by atoms with van der Waals surface area (Å²) in [6, 6.07) is 3.03. The van der Waals surface area contributed by atoms with Crippen molar-refractivity contribution < 1.29 is 9.90 Å². The zero-order valence-electron chi connectivity index (χ0n) is 8.66. The Kier molecular flexibility index (Phi) is 2.63. The second kappa shape index (κ2) is 4.09. The summed E-state index contributed by atoms with van der Waals surface area (Å²) in [4.78, 5) is 19.0. The number of aromatic carboxylic acids is 1.